The molecule has 1 saturated heterocycles. The normalized spacial score (nSPS) is 18.3. The summed E-state index contributed by atoms with van der Waals surface area (Å²) in [7, 11) is -3.52. The average molecular weight is 387 g/mol. The van der Waals surface area contributed by atoms with E-state index >= 15 is 0 Å². The molecule has 1 heterocycles. The Labute approximate surface area is 161 Å². The molecule has 1 fully saturated rings. The molecule has 5 nitrogen and oxygen atoms in total. The lowest BCUT2D eigenvalue weighted by molar-refractivity contribution is 0.102. The fraction of sp³-hybridized carbons (Fsp3) is 0.381. The van der Waals surface area contributed by atoms with Crippen LogP contribution in [0.1, 0.15) is 47.7 Å². The maximum atomic E-state index is 12.9. The highest BCUT2D eigenvalue weighted by molar-refractivity contribution is 7.89. The molecular weight excluding hydrogens is 360 g/mol. The monoisotopic (exact) mass is 386 g/mol. The molecule has 0 bridgehead atoms. The predicted octanol–water partition coefficient (Wildman–Crippen LogP) is 4.12. The van der Waals surface area contributed by atoms with Gasteiger partial charge in [0.05, 0.1) is 4.90 Å². The Morgan fingerprint density at radius 2 is 1.74 bits per heavy atom. The Morgan fingerprint density at radius 3 is 2.37 bits per heavy atom. The van der Waals surface area contributed by atoms with E-state index in [9.17, 15) is 13.2 Å². The summed E-state index contributed by atoms with van der Waals surface area (Å²) in [4.78, 5) is 12.7. The van der Waals surface area contributed by atoms with Gasteiger partial charge in [-0.15, -0.1) is 0 Å². The Bertz CT molecular complexity index is 936. The molecule has 6 heteroatoms. The molecule has 1 unspecified atom stereocenters. The zero-order chi connectivity index (χ0) is 19.6. The largest absolute Gasteiger partial charge is 0.322 e. The van der Waals surface area contributed by atoms with Gasteiger partial charge in [-0.25, -0.2) is 8.42 Å². The maximum absolute atomic E-state index is 12.9. The van der Waals surface area contributed by atoms with Crippen LogP contribution in [0.4, 0.5) is 5.69 Å². The number of amides is 1. The molecule has 0 aliphatic carbocycles. The minimum absolute atomic E-state index is 0.0107. The van der Waals surface area contributed by atoms with Crippen molar-refractivity contribution in [1.29, 1.82) is 0 Å². The van der Waals surface area contributed by atoms with Gasteiger partial charge < -0.3 is 5.32 Å². The first kappa shape index (κ1) is 19.6. The summed E-state index contributed by atoms with van der Waals surface area (Å²) in [5, 5.41) is 2.86. The topological polar surface area (TPSA) is 66.5 Å². The lowest BCUT2D eigenvalue weighted by atomic mass is 10.1. The number of carbonyl (C=O) groups is 1. The van der Waals surface area contributed by atoms with Crippen LogP contribution in [0.25, 0.3) is 0 Å². The second-order valence-electron chi connectivity index (χ2n) is 7.24. The minimum atomic E-state index is -3.52. The predicted molar refractivity (Wildman–Crippen MR) is 108 cm³/mol. The number of hydrogen-bond acceptors (Lipinski definition) is 3. The van der Waals surface area contributed by atoms with Crippen molar-refractivity contribution in [3.63, 3.8) is 0 Å². The number of anilines is 1. The van der Waals surface area contributed by atoms with Crippen molar-refractivity contribution in [2.75, 3.05) is 11.9 Å². The van der Waals surface area contributed by atoms with Crippen molar-refractivity contribution in [2.24, 2.45) is 0 Å². The summed E-state index contributed by atoms with van der Waals surface area (Å²) in [6.45, 7) is 6.51. The van der Waals surface area contributed by atoms with Crippen LogP contribution in [0.3, 0.4) is 0 Å². The molecule has 1 amide bonds. The van der Waals surface area contributed by atoms with Gasteiger partial charge in [-0.3, -0.25) is 4.79 Å². The Kier molecular flexibility index (Phi) is 5.67. The van der Waals surface area contributed by atoms with Gasteiger partial charge in [0, 0.05) is 23.8 Å². The molecule has 2 aromatic carbocycles. The van der Waals surface area contributed by atoms with Gasteiger partial charge in [-0.05, 0) is 81.1 Å². The first-order chi connectivity index (χ1) is 12.8. The molecule has 144 valence electrons. The number of carbonyl (C=O) groups excluding carboxylic acids is 1. The number of sulfonamides is 1. The van der Waals surface area contributed by atoms with Gasteiger partial charge in [-0.1, -0.05) is 12.5 Å². The second kappa shape index (κ2) is 7.82. The van der Waals surface area contributed by atoms with E-state index in [2.05, 4.69) is 5.32 Å². The van der Waals surface area contributed by atoms with E-state index < -0.39 is 10.0 Å². The van der Waals surface area contributed by atoms with Crippen LogP contribution < -0.4 is 5.32 Å². The van der Waals surface area contributed by atoms with Crippen molar-refractivity contribution in [3.8, 4) is 0 Å². The highest BCUT2D eigenvalue weighted by Gasteiger charge is 2.30. The highest BCUT2D eigenvalue weighted by Crippen LogP contribution is 2.25. The summed E-state index contributed by atoms with van der Waals surface area (Å²) in [6, 6.07) is 11.9. The number of nitrogens with zero attached hydrogens (tertiary/aromatic N) is 1. The third-order valence-electron chi connectivity index (χ3n) is 5.23. The third kappa shape index (κ3) is 4.22. The smallest absolute Gasteiger partial charge is 0.255 e. The van der Waals surface area contributed by atoms with Crippen molar-refractivity contribution >= 4 is 21.6 Å². The number of benzene rings is 2. The van der Waals surface area contributed by atoms with Crippen LogP contribution in [0, 0.1) is 13.8 Å². The number of piperidine rings is 1. The average Bonchev–Trinajstić information content (AvgIpc) is 2.65. The van der Waals surface area contributed by atoms with E-state index in [0.29, 0.717) is 12.1 Å². The zero-order valence-corrected chi connectivity index (χ0v) is 16.8. The lowest BCUT2D eigenvalue weighted by Gasteiger charge is -2.32. The summed E-state index contributed by atoms with van der Waals surface area (Å²) >= 11 is 0. The van der Waals surface area contributed by atoms with E-state index in [1.54, 1.807) is 16.4 Å². The van der Waals surface area contributed by atoms with Crippen molar-refractivity contribution < 1.29 is 13.2 Å². The maximum Gasteiger partial charge on any atom is 0.255 e. The molecule has 3 rings (SSSR count). The molecule has 2 aromatic rings. The Balaban J connectivity index is 1.76. The minimum Gasteiger partial charge on any atom is -0.322 e. The van der Waals surface area contributed by atoms with E-state index in [1.165, 1.54) is 12.1 Å². The van der Waals surface area contributed by atoms with E-state index in [4.69, 9.17) is 0 Å². The molecule has 27 heavy (non-hydrogen) atoms. The van der Waals surface area contributed by atoms with Gasteiger partial charge in [0.15, 0.2) is 0 Å². The molecule has 1 aliphatic heterocycles. The molecule has 1 atom stereocenters. The van der Waals surface area contributed by atoms with Crippen LogP contribution in [-0.2, 0) is 10.0 Å². The number of aryl methyl sites for hydroxylation is 2. The van der Waals surface area contributed by atoms with Crippen LogP contribution in [0.2, 0.25) is 0 Å². The summed E-state index contributed by atoms with van der Waals surface area (Å²) in [6.07, 6.45) is 2.83. The molecular formula is C21H26N2O3S. The van der Waals surface area contributed by atoms with Gasteiger partial charge in [0.1, 0.15) is 0 Å². The molecule has 0 saturated carbocycles. The van der Waals surface area contributed by atoms with E-state index in [0.717, 1.165) is 36.1 Å². The molecule has 0 aromatic heterocycles. The third-order valence-corrected chi connectivity index (χ3v) is 7.26. The second-order valence-corrected chi connectivity index (χ2v) is 9.13. The standard InChI is InChI=1S/C21H26N2O3S/c1-15-7-10-19(14-16(15)2)22-21(24)18-8-11-20(12-9-18)27(25,26)23-13-5-4-6-17(23)3/h7-12,14,17H,4-6,13H2,1-3H3,(H,22,24). The van der Waals surface area contributed by atoms with Crippen LogP contribution in [0.15, 0.2) is 47.4 Å². The van der Waals surface area contributed by atoms with Gasteiger partial charge in [0.2, 0.25) is 10.0 Å². The van der Waals surface area contributed by atoms with Crippen molar-refractivity contribution in [3.05, 3.63) is 59.2 Å². The summed E-state index contributed by atoms with van der Waals surface area (Å²) in [5.41, 5.74) is 3.42. The van der Waals surface area contributed by atoms with Gasteiger partial charge in [-0.2, -0.15) is 4.31 Å². The molecule has 1 N–H and O–H groups in total. The zero-order valence-electron chi connectivity index (χ0n) is 16.0. The number of nitrogens with one attached hydrogen (secondary N) is 1. The van der Waals surface area contributed by atoms with E-state index in [1.807, 2.05) is 39.0 Å². The molecule has 1 aliphatic rings. The van der Waals surface area contributed by atoms with Crippen molar-refractivity contribution in [1.82, 2.24) is 4.31 Å². The van der Waals surface area contributed by atoms with Crippen LogP contribution >= 0.6 is 0 Å². The summed E-state index contributed by atoms with van der Waals surface area (Å²) < 4.78 is 27.3. The van der Waals surface area contributed by atoms with Crippen LogP contribution in [0.5, 0.6) is 0 Å². The fourth-order valence-electron chi connectivity index (χ4n) is 3.36. The fourth-order valence-corrected chi connectivity index (χ4v) is 5.06. The van der Waals surface area contributed by atoms with Gasteiger partial charge >= 0.3 is 0 Å². The van der Waals surface area contributed by atoms with Crippen molar-refractivity contribution in [2.45, 2.75) is 51.0 Å². The lowest BCUT2D eigenvalue weighted by Crippen LogP contribution is -2.41. The Hall–Kier alpha value is -2.18. The molecule has 0 radical (unpaired) electrons. The summed E-state index contributed by atoms with van der Waals surface area (Å²) in [5.74, 6) is -0.256. The SMILES string of the molecule is Cc1ccc(NC(=O)c2ccc(S(=O)(=O)N3CCCCC3C)cc2)cc1C. The first-order valence-electron chi connectivity index (χ1n) is 9.29. The van der Waals surface area contributed by atoms with Gasteiger partial charge in [0.25, 0.3) is 5.91 Å². The quantitative estimate of drug-likeness (QED) is 0.859. The Morgan fingerprint density at radius 1 is 1.04 bits per heavy atom. The highest BCUT2D eigenvalue weighted by atomic mass is 32.2. The molecule has 0 spiro atoms. The first-order valence-corrected chi connectivity index (χ1v) is 10.7. The number of rotatable bonds is 4. The van der Waals surface area contributed by atoms with Crippen LogP contribution in [-0.4, -0.2) is 31.2 Å². The number of hydrogen-bond donors (Lipinski definition) is 1. The van der Waals surface area contributed by atoms with E-state index in [-0.39, 0.29) is 16.8 Å².